The average Bonchev–Trinajstić information content (AvgIpc) is 3.08. The molecule has 1 aromatic carbocycles. The zero-order chi connectivity index (χ0) is 19.7. The number of aliphatic carboxylic acids is 1. The number of ether oxygens (including phenoxy) is 1. The zero-order valence-corrected chi connectivity index (χ0v) is 15.1. The molecule has 0 saturated heterocycles. The first-order valence-corrected chi connectivity index (χ1v) is 8.87. The molecule has 144 valence electrons. The highest BCUT2D eigenvalue weighted by molar-refractivity contribution is 5.99. The van der Waals surface area contributed by atoms with E-state index in [1.807, 2.05) is 0 Å². The summed E-state index contributed by atoms with van der Waals surface area (Å²) in [5, 5.41) is 12.5. The molecule has 1 aliphatic heterocycles. The van der Waals surface area contributed by atoms with Gasteiger partial charge in [-0.3, -0.25) is 0 Å². The third-order valence-electron chi connectivity index (χ3n) is 5.06. The minimum Gasteiger partial charge on any atom is -0.478 e. The summed E-state index contributed by atoms with van der Waals surface area (Å²) in [4.78, 5) is 24.7. The average molecular weight is 377 g/mol. The first-order chi connectivity index (χ1) is 12.8. The van der Waals surface area contributed by atoms with Gasteiger partial charge >= 0.3 is 11.9 Å². The van der Waals surface area contributed by atoms with E-state index in [0.29, 0.717) is 5.70 Å². The molecule has 1 heterocycles. The van der Waals surface area contributed by atoms with Crippen LogP contribution in [0.4, 0.5) is 8.78 Å². The van der Waals surface area contributed by atoms with Crippen LogP contribution in [0, 0.1) is 11.6 Å². The number of esters is 1. The lowest BCUT2D eigenvalue weighted by Crippen LogP contribution is -2.33. The molecule has 1 unspecified atom stereocenters. The number of dihydropyridines is 1. The predicted octanol–water partition coefficient (Wildman–Crippen LogP) is 3.77. The van der Waals surface area contributed by atoms with Crippen molar-refractivity contribution >= 4 is 11.9 Å². The second kappa shape index (κ2) is 7.50. The van der Waals surface area contributed by atoms with Gasteiger partial charge in [-0.25, -0.2) is 18.4 Å². The number of carboxylic acid groups (broad SMARTS) is 1. The fraction of sp³-hybridized carbons (Fsp3) is 0.400. The van der Waals surface area contributed by atoms with Crippen molar-refractivity contribution in [1.29, 1.82) is 0 Å². The Morgan fingerprint density at radius 1 is 1.11 bits per heavy atom. The summed E-state index contributed by atoms with van der Waals surface area (Å²) < 4.78 is 33.8. The number of halogens is 2. The lowest BCUT2D eigenvalue weighted by molar-refractivity contribution is -0.144. The van der Waals surface area contributed by atoms with Crippen LogP contribution in [-0.4, -0.2) is 23.1 Å². The van der Waals surface area contributed by atoms with Crippen molar-refractivity contribution in [2.45, 2.75) is 51.6 Å². The molecule has 0 bridgehead atoms. The standard InChI is InChI=1S/C20H21F2NO4/c1-10-16(19(24)25)18(14-9-12(21)7-8-15(14)22)17(11(2)23-10)20(26)27-13-5-3-4-6-13/h7-9,13,18,23H,3-6H2,1-2H3,(H,24,25). The van der Waals surface area contributed by atoms with Crippen molar-refractivity contribution in [2.75, 3.05) is 0 Å². The largest absolute Gasteiger partial charge is 0.478 e. The molecule has 5 nitrogen and oxygen atoms in total. The summed E-state index contributed by atoms with van der Waals surface area (Å²) in [7, 11) is 0. The van der Waals surface area contributed by atoms with Crippen molar-refractivity contribution in [3.63, 3.8) is 0 Å². The number of allylic oxidation sites excluding steroid dienone is 2. The Balaban J connectivity index is 2.10. The van der Waals surface area contributed by atoms with Crippen LogP contribution >= 0.6 is 0 Å². The Kier molecular flexibility index (Phi) is 5.30. The monoisotopic (exact) mass is 377 g/mol. The number of carboxylic acids is 1. The molecule has 2 aliphatic rings. The quantitative estimate of drug-likeness (QED) is 0.782. The molecule has 2 N–H and O–H groups in total. The Labute approximate surface area is 155 Å². The molecular weight excluding hydrogens is 356 g/mol. The van der Waals surface area contributed by atoms with Crippen LogP contribution in [0.25, 0.3) is 0 Å². The zero-order valence-electron chi connectivity index (χ0n) is 15.1. The third-order valence-corrected chi connectivity index (χ3v) is 5.06. The highest BCUT2D eigenvalue weighted by Crippen LogP contribution is 2.40. The van der Waals surface area contributed by atoms with Crippen molar-refractivity contribution < 1.29 is 28.2 Å². The van der Waals surface area contributed by atoms with Gasteiger partial charge in [-0.15, -0.1) is 0 Å². The Morgan fingerprint density at radius 3 is 2.37 bits per heavy atom. The number of nitrogens with one attached hydrogen (secondary N) is 1. The molecule has 7 heteroatoms. The molecular formula is C20H21F2NO4. The van der Waals surface area contributed by atoms with Crippen molar-refractivity contribution in [3.8, 4) is 0 Å². The van der Waals surface area contributed by atoms with E-state index in [-0.39, 0.29) is 28.5 Å². The third kappa shape index (κ3) is 3.72. The highest BCUT2D eigenvalue weighted by Gasteiger charge is 2.39. The summed E-state index contributed by atoms with van der Waals surface area (Å²) >= 11 is 0. The number of carbonyl (C=O) groups excluding carboxylic acids is 1. The van der Waals surface area contributed by atoms with E-state index in [4.69, 9.17) is 4.74 Å². The normalized spacial score (nSPS) is 20.7. The van der Waals surface area contributed by atoms with Gasteiger partial charge in [0.05, 0.1) is 17.1 Å². The topological polar surface area (TPSA) is 75.6 Å². The molecule has 1 aromatic rings. The van der Waals surface area contributed by atoms with Crippen LogP contribution < -0.4 is 5.32 Å². The van der Waals surface area contributed by atoms with Crippen molar-refractivity contribution in [3.05, 3.63) is 57.9 Å². The van der Waals surface area contributed by atoms with Crippen LogP contribution in [0.1, 0.15) is 51.0 Å². The molecule has 1 atom stereocenters. The van der Waals surface area contributed by atoms with E-state index < -0.39 is 29.5 Å². The van der Waals surface area contributed by atoms with E-state index in [1.54, 1.807) is 6.92 Å². The SMILES string of the molecule is CC1=C(C(=O)O)C(c2cc(F)ccc2F)C(C(=O)OC2CCCC2)=C(C)N1. The van der Waals surface area contributed by atoms with Crippen molar-refractivity contribution in [1.82, 2.24) is 5.32 Å². The van der Waals surface area contributed by atoms with Gasteiger partial charge in [0.15, 0.2) is 0 Å². The van der Waals surface area contributed by atoms with Crippen LogP contribution in [0.5, 0.6) is 0 Å². The van der Waals surface area contributed by atoms with E-state index in [1.165, 1.54) is 6.92 Å². The number of benzene rings is 1. The predicted molar refractivity (Wildman–Crippen MR) is 93.6 cm³/mol. The van der Waals surface area contributed by atoms with E-state index in [0.717, 1.165) is 43.9 Å². The van der Waals surface area contributed by atoms with Gasteiger partial charge in [0.25, 0.3) is 0 Å². The summed E-state index contributed by atoms with van der Waals surface area (Å²) in [6.07, 6.45) is 3.15. The van der Waals surface area contributed by atoms with Gasteiger partial charge in [-0.05, 0) is 57.7 Å². The van der Waals surface area contributed by atoms with Gasteiger partial charge in [0.2, 0.25) is 0 Å². The summed E-state index contributed by atoms with van der Waals surface area (Å²) in [5.41, 5.74) is 0.226. The lowest BCUT2D eigenvalue weighted by Gasteiger charge is -2.30. The molecule has 0 aromatic heterocycles. The summed E-state index contributed by atoms with van der Waals surface area (Å²) in [6.45, 7) is 3.12. The van der Waals surface area contributed by atoms with E-state index in [2.05, 4.69) is 5.32 Å². The highest BCUT2D eigenvalue weighted by atomic mass is 19.1. The van der Waals surface area contributed by atoms with Crippen LogP contribution in [0.2, 0.25) is 0 Å². The van der Waals surface area contributed by atoms with Gasteiger partial charge in [-0.1, -0.05) is 0 Å². The molecule has 0 radical (unpaired) electrons. The molecule has 0 spiro atoms. The van der Waals surface area contributed by atoms with E-state index >= 15 is 0 Å². The maximum Gasteiger partial charge on any atom is 0.337 e. The fourth-order valence-corrected chi connectivity index (χ4v) is 3.82. The van der Waals surface area contributed by atoms with Crippen LogP contribution in [0.15, 0.2) is 40.7 Å². The van der Waals surface area contributed by atoms with E-state index in [9.17, 15) is 23.5 Å². The molecule has 3 rings (SSSR count). The summed E-state index contributed by atoms with van der Waals surface area (Å²) in [6, 6.07) is 2.80. The lowest BCUT2D eigenvalue weighted by atomic mass is 9.80. The first kappa shape index (κ1) is 19.1. The van der Waals surface area contributed by atoms with Gasteiger partial charge in [-0.2, -0.15) is 0 Å². The Hall–Kier alpha value is -2.70. The molecule has 1 saturated carbocycles. The molecule has 1 aliphatic carbocycles. The minimum atomic E-state index is -1.31. The Morgan fingerprint density at radius 2 is 1.74 bits per heavy atom. The number of rotatable bonds is 4. The van der Waals surface area contributed by atoms with Gasteiger partial charge in [0.1, 0.15) is 17.7 Å². The van der Waals surface area contributed by atoms with Gasteiger partial charge in [0, 0.05) is 17.0 Å². The number of carbonyl (C=O) groups is 2. The smallest absolute Gasteiger partial charge is 0.337 e. The fourth-order valence-electron chi connectivity index (χ4n) is 3.82. The number of hydrogen-bond acceptors (Lipinski definition) is 4. The van der Waals surface area contributed by atoms with Crippen LogP contribution in [0.3, 0.4) is 0 Å². The number of hydrogen-bond donors (Lipinski definition) is 2. The Bertz CT molecular complexity index is 854. The second-order valence-electron chi connectivity index (χ2n) is 6.92. The summed E-state index contributed by atoms with van der Waals surface area (Å²) in [5.74, 6) is -4.77. The minimum absolute atomic E-state index is 0.00519. The van der Waals surface area contributed by atoms with Gasteiger partial charge < -0.3 is 15.2 Å². The van der Waals surface area contributed by atoms with Crippen molar-refractivity contribution in [2.24, 2.45) is 0 Å². The van der Waals surface area contributed by atoms with Crippen LogP contribution in [-0.2, 0) is 14.3 Å². The maximum atomic E-state index is 14.5. The second-order valence-corrected chi connectivity index (χ2v) is 6.92. The molecule has 1 fully saturated rings. The molecule has 27 heavy (non-hydrogen) atoms. The molecule has 0 amide bonds. The maximum absolute atomic E-state index is 14.5. The first-order valence-electron chi connectivity index (χ1n) is 8.87.